The van der Waals surface area contributed by atoms with Gasteiger partial charge in [0.15, 0.2) is 11.5 Å². The molecule has 0 atom stereocenters. The molecular weight excluding hydrogens is 370 g/mol. The number of nitrogens with one attached hydrogen (secondary N) is 1. The number of hydrogen-bond donors (Lipinski definition) is 1. The van der Waals surface area contributed by atoms with Crippen LogP contribution < -0.4 is 19.7 Å². The van der Waals surface area contributed by atoms with Gasteiger partial charge in [-0.1, -0.05) is 6.07 Å². The van der Waals surface area contributed by atoms with Gasteiger partial charge in [-0.3, -0.25) is 9.59 Å². The molecule has 1 aliphatic rings. The van der Waals surface area contributed by atoms with Crippen LogP contribution in [-0.4, -0.2) is 57.1 Å². The van der Waals surface area contributed by atoms with Crippen molar-refractivity contribution in [2.24, 2.45) is 0 Å². The van der Waals surface area contributed by atoms with Crippen LogP contribution in [-0.2, 0) is 16.0 Å². The third-order valence-electron chi connectivity index (χ3n) is 5.05. The molecule has 3 rings (SSSR count). The molecule has 0 unspecified atom stereocenters. The molecule has 1 aliphatic heterocycles. The minimum atomic E-state index is -0.0972. The van der Waals surface area contributed by atoms with E-state index in [1.165, 1.54) is 0 Å². The lowest BCUT2D eigenvalue weighted by Gasteiger charge is -2.35. The van der Waals surface area contributed by atoms with E-state index >= 15 is 0 Å². The Morgan fingerprint density at radius 1 is 0.931 bits per heavy atom. The summed E-state index contributed by atoms with van der Waals surface area (Å²) in [5.74, 6) is 1.26. The van der Waals surface area contributed by atoms with Gasteiger partial charge in [-0.15, -0.1) is 0 Å². The van der Waals surface area contributed by atoms with Gasteiger partial charge in [0.2, 0.25) is 11.8 Å². The highest BCUT2D eigenvalue weighted by Crippen LogP contribution is 2.28. The van der Waals surface area contributed by atoms with E-state index in [-0.39, 0.29) is 18.2 Å². The molecule has 0 spiro atoms. The highest BCUT2D eigenvalue weighted by Gasteiger charge is 2.18. The summed E-state index contributed by atoms with van der Waals surface area (Å²) < 4.78 is 10.5. The monoisotopic (exact) mass is 397 g/mol. The molecule has 2 aromatic carbocycles. The van der Waals surface area contributed by atoms with Gasteiger partial charge in [-0.25, -0.2) is 0 Å². The third-order valence-corrected chi connectivity index (χ3v) is 5.05. The molecule has 2 aromatic rings. The van der Waals surface area contributed by atoms with Crippen molar-refractivity contribution in [3.05, 3.63) is 48.0 Å². The molecular formula is C22H27N3O4. The fourth-order valence-corrected chi connectivity index (χ4v) is 3.42. The van der Waals surface area contributed by atoms with E-state index in [1.807, 2.05) is 41.3 Å². The maximum atomic E-state index is 12.4. The number of carbonyl (C=O) groups excluding carboxylic acids is 2. The van der Waals surface area contributed by atoms with Crippen molar-refractivity contribution in [3.63, 3.8) is 0 Å². The molecule has 0 radical (unpaired) electrons. The number of carbonyl (C=O) groups is 2. The lowest BCUT2D eigenvalue weighted by molar-refractivity contribution is -0.129. The predicted octanol–water partition coefficient (Wildman–Crippen LogP) is 2.55. The van der Waals surface area contributed by atoms with Crippen molar-refractivity contribution in [1.82, 2.24) is 4.90 Å². The van der Waals surface area contributed by atoms with Crippen molar-refractivity contribution in [2.75, 3.05) is 50.6 Å². The molecule has 2 amide bonds. The maximum absolute atomic E-state index is 12.4. The fourth-order valence-electron chi connectivity index (χ4n) is 3.42. The molecule has 1 N–H and O–H groups in total. The molecule has 7 nitrogen and oxygen atoms in total. The molecule has 1 fully saturated rings. The Morgan fingerprint density at radius 3 is 2.17 bits per heavy atom. The van der Waals surface area contributed by atoms with E-state index in [0.29, 0.717) is 11.5 Å². The molecule has 1 saturated heterocycles. The smallest absolute Gasteiger partial charge is 0.228 e. The second-order valence-corrected chi connectivity index (χ2v) is 6.95. The van der Waals surface area contributed by atoms with Crippen molar-refractivity contribution in [2.45, 2.75) is 13.3 Å². The standard InChI is InChI=1S/C22H27N3O4/c1-16(26)24-10-12-25(13-11-24)19-7-5-18(6-8-19)23-22(27)15-17-4-9-20(28-2)21(14-17)29-3/h4-9,14H,10-13,15H2,1-3H3,(H,23,27). The summed E-state index contributed by atoms with van der Waals surface area (Å²) in [5.41, 5.74) is 2.69. The predicted molar refractivity (Wildman–Crippen MR) is 113 cm³/mol. The first-order valence-corrected chi connectivity index (χ1v) is 9.61. The average Bonchev–Trinajstić information content (AvgIpc) is 2.74. The van der Waals surface area contributed by atoms with E-state index in [0.717, 1.165) is 43.1 Å². The number of hydrogen-bond acceptors (Lipinski definition) is 5. The van der Waals surface area contributed by atoms with E-state index in [2.05, 4.69) is 10.2 Å². The number of ether oxygens (including phenoxy) is 2. The number of rotatable bonds is 6. The number of anilines is 2. The summed E-state index contributed by atoms with van der Waals surface area (Å²) in [6.45, 7) is 4.70. The zero-order valence-electron chi connectivity index (χ0n) is 17.1. The second-order valence-electron chi connectivity index (χ2n) is 6.95. The summed E-state index contributed by atoms with van der Waals surface area (Å²) >= 11 is 0. The highest BCUT2D eigenvalue weighted by molar-refractivity contribution is 5.92. The van der Waals surface area contributed by atoms with E-state index < -0.39 is 0 Å². The molecule has 1 heterocycles. The Morgan fingerprint density at radius 2 is 1.59 bits per heavy atom. The van der Waals surface area contributed by atoms with Gasteiger partial charge in [0.25, 0.3) is 0 Å². The summed E-state index contributed by atoms with van der Waals surface area (Å²) in [6, 6.07) is 13.2. The minimum Gasteiger partial charge on any atom is -0.493 e. The maximum Gasteiger partial charge on any atom is 0.228 e. The molecule has 0 bridgehead atoms. The number of piperazine rings is 1. The van der Waals surface area contributed by atoms with E-state index in [1.54, 1.807) is 27.2 Å². The van der Waals surface area contributed by atoms with Crippen LogP contribution in [0.2, 0.25) is 0 Å². The SMILES string of the molecule is COc1ccc(CC(=O)Nc2ccc(N3CCN(C(C)=O)CC3)cc2)cc1OC. The van der Waals surface area contributed by atoms with Gasteiger partial charge in [-0.05, 0) is 42.0 Å². The molecule has 154 valence electrons. The number of methoxy groups -OCH3 is 2. The van der Waals surface area contributed by atoms with E-state index in [9.17, 15) is 9.59 Å². The lowest BCUT2D eigenvalue weighted by Crippen LogP contribution is -2.48. The van der Waals surface area contributed by atoms with Crippen LogP contribution in [0.15, 0.2) is 42.5 Å². The van der Waals surface area contributed by atoms with Gasteiger partial charge in [-0.2, -0.15) is 0 Å². The molecule has 0 aliphatic carbocycles. The quantitative estimate of drug-likeness (QED) is 0.811. The molecule has 0 saturated carbocycles. The van der Waals surface area contributed by atoms with Gasteiger partial charge in [0.05, 0.1) is 20.6 Å². The van der Waals surface area contributed by atoms with Crippen molar-refractivity contribution < 1.29 is 19.1 Å². The summed E-state index contributed by atoms with van der Waals surface area (Å²) in [6.07, 6.45) is 0.245. The van der Waals surface area contributed by atoms with Gasteiger partial charge in [0, 0.05) is 44.5 Å². The van der Waals surface area contributed by atoms with Crippen LogP contribution in [0.3, 0.4) is 0 Å². The number of benzene rings is 2. The fraction of sp³-hybridized carbons (Fsp3) is 0.364. The highest BCUT2D eigenvalue weighted by atomic mass is 16.5. The number of amides is 2. The summed E-state index contributed by atoms with van der Waals surface area (Å²) in [7, 11) is 3.15. The Labute approximate surface area is 171 Å². The second kappa shape index (κ2) is 9.32. The number of nitrogens with zero attached hydrogens (tertiary/aromatic N) is 2. The van der Waals surface area contributed by atoms with Crippen LogP contribution in [0.4, 0.5) is 11.4 Å². The Kier molecular flexibility index (Phi) is 6.59. The zero-order chi connectivity index (χ0) is 20.8. The first-order valence-electron chi connectivity index (χ1n) is 9.61. The largest absolute Gasteiger partial charge is 0.493 e. The first-order chi connectivity index (χ1) is 14.0. The normalized spacial score (nSPS) is 13.8. The molecule has 7 heteroatoms. The zero-order valence-corrected chi connectivity index (χ0v) is 17.1. The first kappa shape index (κ1) is 20.5. The van der Waals surface area contributed by atoms with Gasteiger partial charge in [0.1, 0.15) is 0 Å². The Balaban J connectivity index is 1.56. The van der Waals surface area contributed by atoms with Crippen molar-refractivity contribution in [1.29, 1.82) is 0 Å². The van der Waals surface area contributed by atoms with Crippen LogP contribution in [0.1, 0.15) is 12.5 Å². The lowest BCUT2D eigenvalue weighted by atomic mass is 10.1. The molecule has 29 heavy (non-hydrogen) atoms. The van der Waals surface area contributed by atoms with Crippen LogP contribution in [0.25, 0.3) is 0 Å². The topological polar surface area (TPSA) is 71.1 Å². The van der Waals surface area contributed by atoms with Crippen molar-refractivity contribution >= 4 is 23.2 Å². The van der Waals surface area contributed by atoms with E-state index in [4.69, 9.17) is 9.47 Å². The van der Waals surface area contributed by atoms with Crippen molar-refractivity contribution in [3.8, 4) is 11.5 Å². The molecule has 0 aromatic heterocycles. The minimum absolute atomic E-state index is 0.0972. The Bertz CT molecular complexity index is 859. The van der Waals surface area contributed by atoms with Crippen LogP contribution in [0.5, 0.6) is 11.5 Å². The van der Waals surface area contributed by atoms with Gasteiger partial charge < -0.3 is 24.6 Å². The summed E-state index contributed by atoms with van der Waals surface area (Å²) in [5, 5.41) is 2.93. The van der Waals surface area contributed by atoms with Crippen LogP contribution >= 0.6 is 0 Å². The average molecular weight is 397 g/mol. The third kappa shape index (κ3) is 5.19. The van der Waals surface area contributed by atoms with Crippen LogP contribution in [0, 0.1) is 0 Å². The Hall–Kier alpha value is -3.22. The van der Waals surface area contributed by atoms with Gasteiger partial charge >= 0.3 is 0 Å². The summed E-state index contributed by atoms with van der Waals surface area (Å²) in [4.78, 5) is 27.9.